The van der Waals surface area contributed by atoms with Crippen LogP contribution in [0.25, 0.3) is 0 Å². The minimum atomic E-state index is 0.353. The molecule has 1 aromatic carbocycles. The fraction of sp³-hybridized carbons (Fsp3) is 0.524. The average Bonchev–Trinajstić information content (AvgIpc) is 3.18. The molecule has 0 radical (unpaired) electrons. The molecule has 28 heavy (non-hydrogen) atoms. The van der Waals surface area contributed by atoms with Crippen LogP contribution in [0, 0.1) is 0 Å². The van der Waals surface area contributed by atoms with Crippen LogP contribution in [-0.2, 0) is 17.9 Å². The molecule has 0 aliphatic heterocycles. The summed E-state index contributed by atoms with van der Waals surface area (Å²) in [4.78, 5) is 4.55. The van der Waals surface area contributed by atoms with Gasteiger partial charge in [0.1, 0.15) is 12.3 Å². The molecule has 7 nitrogen and oxygen atoms in total. The fourth-order valence-electron chi connectivity index (χ4n) is 2.47. The van der Waals surface area contributed by atoms with Gasteiger partial charge in [-0.1, -0.05) is 31.1 Å². The molecule has 0 fully saturated rings. The summed E-state index contributed by atoms with van der Waals surface area (Å²) in [7, 11) is 1.66. The minimum Gasteiger partial charge on any atom is -0.497 e. The van der Waals surface area contributed by atoms with Crippen molar-refractivity contribution in [3.05, 3.63) is 47.3 Å². The minimum absolute atomic E-state index is 0.353. The van der Waals surface area contributed by atoms with Gasteiger partial charge in [-0.2, -0.15) is 0 Å². The number of rotatable bonds is 11. The van der Waals surface area contributed by atoms with E-state index in [1.165, 1.54) is 0 Å². The van der Waals surface area contributed by atoms with Crippen LogP contribution in [0.2, 0.25) is 0 Å². The Morgan fingerprint density at radius 2 is 2.00 bits per heavy atom. The van der Waals surface area contributed by atoms with E-state index in [1.807, 2.05) is 37.3 Å². The maximum Gasteiger partial charge on any atom is 0.191 e. The maximum atomic E-state index is 5.73. The number of guanidine groups is 1. The number of aromatic nitrogens is 1. The molecule has 0 spiro atoms. The molecule has 0 amide bonds. The van der Waals surface area contributed by atoms with E-state index in [1.54, 1.807) is 7.11 Å². The molecule has 0 atom stereocenters. The van der Waals surface area contributed by atoms with E-state index in [9.17, 15) is 0 Å². The number of hydrogen-bond acceptors (Lipinski definition) is 5. The number of nitrogens with zero attached hydrogens (tertiary/aromatic N) is 2. The van der Waals surface area contributed by atoms with Crippen molar-refractivity contribution < 1.29 is 14.0 Å². The van der Waals surface area contributed by atoms with Gasteiger partial charge in [0.15, 0.2) is 11.7 Å². The molecule has 2 rings (SSSR count). The molecule has 1 heterocycles. The molecule has 2 aromatic rings. The second kappa shape index (κ2) is 12.0. The lowest BCUT2D eigenvalue weighted by Gasteiger charge is -2.11. The summed E-state index contributed by atoms with van der Waals surface area (Å²) < 4.78 is 16.2. The Bertz CT molecular complexity index is 711. The van der Waals surface area contributed by atoms with Gasteiger partial charge in [-0.3, -0.25) is 0 Å². The number of methoxy groups -OCH3 is 1. The van der Waals surface area contributed by atoms with Crippen LogP contribution in [0.4, 0.5) is 0 Å². The molecule has 154 valence electrons. The highest BCUT2D eigenvalue weighted by molar-refractivity contribution is 5.79. The predicted molar refractivity (Wildman–Crippen MR) is 111 cm³/mol. The Kier molecular flexibility index (Phi) is 9.34. The Labute approximate surface area is 167 Å². The average molecular weight is 389 g/mol. The first-order valence-corrected chi connectivity index (χ1v) is 9.80. The van der Waals surface area contributed by atoms with Gasteiger partial charge >= 0.3 is 0 Å². The van der Waals surface area contributed by atoms with E-state index in [0.29, 0.717) is 25.7 Å². The molecule has 0 saturated carbocycles. The lowest BCUT2D eigenvalue weighted by molar-refractivity contribution is 0.119. The predicted octanol–water partition coefficient (Wildman–Crippen LogP) is 3.47. The highest BCUT2D eigenvalue weighted by Crippen LogP contribution is 2.14. The van der Waals surface area contributed by atoms with Crippen LogP contribution < -0.4 is 15.4 Å². The van der Waals surface area contributed by atoms with Gasteiger partial charge in [0.2, 0.25) is 0 Å². The summed E-state index contributed by atoms with van der Waals surface area (Å²) in [5, 5.41) is 10.6. The normalized spacial score (nSPS) is 11.7. The van der Waals surface area contributed by atoms with E-state index in [0.717, 1.165) is 48.2 Å². The van der Waals surface area contributed by atoms with E-state index in [4.69, 9.17) is 14.0 Å². The first-order valence-electron chi connectivity index (χ1n) is 9.80. The van der Waals surface area contributed by atoms with Gasteiger partial charge in [0.25, 0.3) is 0 Å². The van der Waals surface area contributed by atoms with Crippen LogP contribution in [0.3, 0.4) is 0 Å². The second-order valence-corrected chi connectivity index (χ2v) is 6.75. The van der Waals surface area contributed by atoms with Crippen molar-refractivity contribution in [3.63, 3.8) is 0 Å². The molecule has 1 aromatic heterocycles. The largest absolute Gasteiger partial charge is 0.497 e. The maximum absolute atomic E-state index is 5.73. The first kappa shape index (κ1) is 21.8. The van der Waals surface area contributed by atoms with Crippen LogP contribution >= 0.6 is 0 Å². The third kappa shape index (κ3) is 7.60. The van der Waals surface area contributed by atoms with Crippen molar-refractivity contribution in [2.75, 3.05) is 26.8 Å². The lowest BCUT2D eigenvalue weighted by atomic mass is 10.1. The Balaban J connectivity index is 1.67. The number of hydrogen-bond donors (Lipinski definition) is 2. The monoisotopic (exact) mass is 388 g/mol. The number of benzene rings is 1. The molecule has 7 heteroatoms. The van der Waals surface area contributed by atoms with Gasteiger partial charge in [-0.25, -0.2) is 4.99 Å². The molecule has 0 aliphatic carbocycles. The number of aliphatic imine (C=N–C) groups is 1. The molecule has 0 saturated heterocycles. The van der Waals surface area contributed by atoms with Crippen molar-refractivity contribution in [1.29, 1.82) is 0 Å². The zero-order valence-electron chi connectivity index (χ0n) is 17.3. The highest BCUT2D eigenvalue weighted by Gasteiger charge is 2.07. The third-order valence-electron chi connectivity index (χ3n) is 4.09. The summed E-state index contributed by atoms with van der Waals surface area (Å²) in [6, 6.07) is 9.88. The summed E-state index contributed by atoms with van der Waals surface area (Å²) >= 11 is 0. The Morgan fingerprint density at radius 1 is 1.21 bits per heavy atom. The fourth-order valence-corrected chi connectivity index (χ4v) is 2.47. The van der Waals surface area contributed by atoms with Gasteiger partial charge in [-0.15, -0.1) is 0 Å². The Hall–Kier alpha value is -2.54. The van der Waals surface area contributed by atoms with Crippen LogP contribution in [0.1, 0.15) is 50.1 Å². The zero-order valence-corrected chi connectivity index (χ0v) is 17.3. The van der Waals surface area contributed by atoms with Crippen molar-refractivity contribution >= 4 is 5.96 Å². The van der Waals surface area contributed by atoms with Crippen LogP contribution in [-0.4, -0.2) is 37.9 Å². The SMILES string of the molecule is CCNC(=NCc1cc(C(C)C)no1)NCCCOCc1ccc(OC)cc1. The highest BCUT2D eigenvalue weighted by atomic mass is 16.5. The van der Waals surface area contributed by atoms with Crippen LogP contribution in [0.5, 0.6) is 5.75 Å². The van der Waals surface area contributed by atoms with Crippen molar-refractivity contribution in [2.45, 2.75) is 46.3 Å². The summed E-state index contributed by atoms with van der Waals surface area (Å²) in [6.45, 7) is 9.54. The second-order valence-electron chi connectivity index (χ2n) is 6.75. The third-order valence-corrected chi connectivity index (χ3v) is 4.09. The number of nitrogens with one attached hydrogen (secondary N) is 2. The molecular weight excluding hydrogens is 356 g/mol. The van der Waals surface area contributed by atoms with E-state index in [-0.39, 0.29) is 0 Å². The summed E-state index contributed by atoms with van der Waals surface area (Å²) in [5.74, 6) is 2.74. The van der Waals surface area contributed by atoms with Crippen LogP contribution in [0.15, 0.2) is 39.8 Å². The van der Waals surface area contributed by atoms with E-state index < -0.39 is 0 Å². The van der Waals surface area contributed by atoms with Gasteiger partial charge in [-0.05, 0) is 37.0 Å². The van der Waals surface area contributed by atoms with Crippen molar-refractivity contribution in [2.24, 2.45) is 4.99 Å². The van der Waals surface area contributed by atoms with Gasteiger partial charge in [0, 0.05) is 25.8 Å². The molecule has 0 aliphatic rings. The number of ether oxygens (including phenoxy) is 2. The zero-order chi connectivity index (χ0) is 20.2. The van der Waals surface area contributed by atoms with E-state index in [2.05, 4.69) is 34.6 Å². The molecule has 0 unspecified atom stereocenters. The van der Waals surface area contributed by atoms with Gasteiger partial charge in [0.05, 0.1) is 19.4 Å². The molecule has 0 bridgehead atoms. The quantitative estimate of drug-likeness (QED) is 0.349. The summed E-state index contributed by atoms with van der Waals surface area (Å²) in [5.41, 5.74) is 2.09. The van der Waals surface area contributed by atoms with Crippen molar-refractivity contribution in [1.82, 2.24) is 15.8 Å². The topological polar surface area (TPSA) is 80.9 Å². The molecule has 2 N–H and O–H groups in total. The van der Waals surface area contributed by atoms with Crippen molar-refractivity contribution in [3.8, 4) is 5.75 Å². The standard InChI is InChI=1S/C21H32N4O3/c1-5-22-21(24-14-19-13-20(16(2)3)25-28-19)23-11-6-12-27-15-17-7-9-18(26-4)10-8-17/h7-10,13,16H,5-6,11-12,14-15H2,1-4H3,(H2,22,23,24). The van der Waals surface area contributed by atoms with Gasteiger partial charge < -0.3 is 24.6 Å². The lowest BCUT2D eigenvalue weighted by Crippen LogP contribution is -2.38. The first-order chi connectivity index (χ1) is 13.6. The Morgan fingerprint density at radius 3 is 2.64 bits per heavy atom. The molecular formula is C21H32N4O3. The summed E-state index contributed by atoms with van der Waals surface area (Å²) in [6.07, 6.45) is 0.889. The van der Waals surface area contributed by atoms with E-state index >= 15 is 0 Å². The smallest absolute Gasteiger partial charge is 0.191 e.